The largest absolute Gasteiger partial charge is 0.424 e. The van der Waals surface area contributed by atoms with E-state index in [1.807, 2.05) is 0 Å². The van der Waals surface area contributed by atoms with Crippen molar-refractivity contribution in [2.24, 2.45) is 0 Å². The first-order valence-corrected chi connectivity index (χ1v) is 5.48. The lowest BCUT2D eigenvalue weighted by molar-refractivity contribution is -0.133. The third-order valence-electron chi connectivity index (χ3n) is 1.43. The highest BCUT2D eigenvalue weighted by atomic mass is 32.2. The van der Waals surface area contributed by atoms with E-state index in [2.05, 4.69) is 0 Å². The first-order valence-electron chi connectivity index (χ1n) is 4.35. The maximum Gasteiger partial charge on any atom is 0.310 e. The highest BCUT2D eigenvalue weighted by Crippen LogP contribution is 2.19. The zero-order valence-corrected chi connectivity index (χ0v) is 9.52. The second-order valence-electron chi connectivity index (χ2n) is 2.60. The van der Waals surface area contributed by atoms with Crippen molar-refractivity contribution in [3.05, 3.63) is 24.3 Å². The molecule has 1 aromatic rings. The number of nitrogen functional groups attached to an aromatic ring is 1. The maximum atomic E-state index is 10.9. The van der Waals surface area contributed by atoms with E-state index in [4.69, 9.17) is 23.4 Å². The number of ether oxygens (including phenoxy) is 1. The summed E-state index contributed by atoms with van der Waals surface area (Å²) >= 11 is 0. The number of carbonyl (C=O) groups excluding carboxylic acids is 1. The van der Waals surface area contributed by atoms with Gasteiger partial charge in [-0.15, -0.1) is 0 Å². The lowest BCUT2D eigenvalue weighted by Gasteiger charge is -2.04. The number of para-hydroxylation sites is 2. The zero-order valence-electron chi connectivity index (χ0n) is 8.62. The number of esters is 1. The summed E-state index contributed by atoms with van der Waals surface area (Å²) in [5, 5.41) is 0. The molecule has 90 valence electrons. The molecule has 1 aromatic carbocycles. The molecule has 0 amide bonds. The van der Waals surface area contributed by atoms with Gasteiger partial charge in [0.15, 0.2) is 5.75 Å². The second kappa shape index (κ2) is 7.66. The van der Waals surface area contributed by atoms with Crippen LogP contribution < -0.4 is 10.5 Å². The molecule has 0 aliphatic heterocycles. The Balaban J connectivity index is 0.000000487. The van der Waals surface area contributed by atoms with Crippen LogP contribution in [0.2, 0.25) is 0 Å². The fourth-order valence-electron chi connectivity index (χ4n) is 0.768. The molecule has 0 fully saturated rings. The molecule has 0 heterocycles. The summed E-state index contributed by atoms with van der Waals surface area (Å²) in [5.74, 6) is 0.164. The van der Waals surface area contributed by atoms with Gasteiger partial charge in [-0.2, -0.15) is 0 Å². The zero-order chi connectivity index (χ0) is 12.6. The summed E-state index contributed by atoms with van der Waals surface area (Å²) in [4.78, 5) is 10.9. The predicted octanol–water partition coefficient (Wildman–Crippen LogP) is 0.655. The standard InChI is InChI=1S/C9H11NO2.H2O3S/c1-2-9(11)12-8-6-4-3-5-7(8)10;1-4(2)3/h3-6H,2,10H2,1H3;4H,(H,1,2,3). The van der Waals surface area contributed by atoms with Crippen molar-refractivity contribution in [2.45, 2.75) is 13.3 Å². The number of hydrogen-bond acceptors (Lipinski definition) is 5. The monoisotopic (exact) mass is 247 g/mol. The molecule has 0 unspecified atom stereocenters. The van der Waals surface area contributed by atoms with Crippen molar-refractivity contribution in [3.8, 4) is 5.75 Å². The Labute approximate surface area is 94.8 Å². The fraction of sp³-hybridized carbons (Fsp3) is 0.222. The fourth-order valence-corrected chi connectivity index (χ4v) is 0.768. The molecule has 7 heteroatoms. The number of anilines is 1. The summed E-state index contributed by atoms with van der Waals surface area (Å²) in [6.07, 6.45) is 0.355. The summed E-state index contributed by atoms with van der Waals surface area (Å²) in [6.45, 7) is 1.74. The van der Waals surface area contributed by atoms with Gasteiger partial charge in [0.1, 0.15) is 0 Å². The smallest absolute Gasteiger partial charge is 0.310 e. The topological polar surface area (TPSA) is 107 Å². The van der Waals surface area contributed by atoms with Gasteiger partial charge in [-0.25, -0.2) is 8.42 Å². The Hall–Kier alpha value is -1.60. The van der Waals surface area contributed by atoms with Gasteiger partial charge >= 0.3 is 5.97 Å². The van der Waals surface area contributed by atoms with E-state index in [1.54, 1.807) is 31.2 Å². The van der Waals surface area contributed by atoms with E-state index in [0.717, 1.165) is 0 Å². The summed E-state index contributed by atoms with van der Waals surface area (Å²) in [7, 11) is -3.12. The lowest BCUT2D eigenvalue weighted by Crippen LogP contribution is -2.06. The van der Waals surface area contributed by atoms with Gasteiger partial charge in [0.05, 0.1) is 5.69 Å². The van der Waals surface area contributed by atoms with Crippen LogP contribution in [0.4, 0.5) is 5.69 Å². The molecule has 0 saturated carbocycles. The average Bonchev–Trinajstić information content (AvgIpc) is 2.20. The van der Waals surface area contributed by atoms with Crippen molar-refractivity contribution in [1.82, 2.24) is 0 Å². The molecule has 3 N–H and O–H groups in total. The van der Waals surface area contributed by atoms with Crippen molar-refractivity contribution in [1.29, 1.82) is 0 Å². The van der Waals surface area contributed by atoms with Crippen LogP contribution in [0.1, 0.15) is 13.3 Å². The van der Waals surface area contributed by atoms with Gasteiger partial charge in [0, 0.05) is 6.42 Å². The first kappa shape index (κ1) is 14.4. The molecule has 0 aromatic heterocycles. The molecule has 0 radical (unpaired) electrons. The number of thiol groups is 1. The summed E-state index contributed by atoms with van der Waals surface area (Å²) in [5.41, 5.74) is 6.03. The molecule has 0 bridgehead atoms. The third kappa shape index (κ3) is 6.80. The Kier molecular flexibility index (Phi) is 6.89. The average molecular weight is 247 g/mol. The van der Waals surface area contributed by atoms with Gasteiger partial charge in [0.25, 0.3) is 11.0 Å². The third-order valence-corrected chi connectivity index (χ3v) is 1.43. The molecule has 16 heavy (non-hydrogen) atoms. The van der Waals surface area contributed by atoms with E-state index >= 15 is 0 Å². The minimum Gasteiger partial charge on any atom is -0.424 e. The molecule has 0 atom stereocenters. The molecular weight excluding hydrogens is 234 g/mol. The van der Waals surface area contributed by atoms with Crippen LogP contribution in [0.3, 0.4) is 0 Å². The van der Waals surface area contributed by atoms with E-state index in [1.165, 1.54) is 0 Å². The Morgan fingerprint density at radius 2 is 1.94 bits per heavy atom. The molecular formula is C9H13NO5S. The van der Waals surface area contributed by atoms with Crippen LogP contribution in [0.25, 0.3) is 0 Å². The molecule has 1 rings (SSSR count). The number of hydrogen-bond donors (Lipinski definition) is 3. The minimum absolute atomic E-state index is 0.270. The van der Waals surface area contributed by atoms with E-state index in [9.17, 15) is 4.79 Å². The van der Waals surface area contributed by atoms with Gasteiger partial charge in [-0.1, -0.05) is 19.1 Å². The number of benzene rings is 1. The van der Waals surface area contributed by atoms with Crippen LogP contribution in [-0.4, -0.2) is 18.9 Å². The molecule has 0 saturated heterocycles. The van der Waals surface area contributed by atoms with Crippen LogP contribution in [0.5, 0.6) is 5.75 Å². The van der Waals surface area contributed by atoms with Crippen LogP contribution in [0, 0.1) is 0 Å². The maximum absolute atomic E-state index is 10.9. The second-order valence-corrected chi connectivity index (χ2v) is 3.08. The van der Waals surface area contributed by atoms with E-state index in [0.29, 0.717) is 17.9 Å². The minimum atomic E-state index is -3.12. The number of carbonyl (C=O) groups is 1. The number of rotatable bonds is 2. The van der Waals surface area contributed by atoms with Crippen LogP contribution in [0.15, 0.2) is 24.3 Å². The Bertz CT molecular complexity index is 408. The van der Waals surface area contributed by atoms with Crippen molar-refractivity contribution < 1.29 is 22.5 Å². The Morgan fingerprint density at radius 3 is 2.38 bits per heavy atom. The van der Waals surface area contributed by atoms with E-state index < -0.39 is 11.0 Å². The van der Waals surface area contributed by atoms with E-state index in [-0.39, 0.29) is 5.97 Å². The van der Waals surface area contributed by atoms with Crippen molar-refractivity contribution >= 4 is 22.6 Å². The van der Waals surface area contributed by atoms with Gasteiger partial charge < -0.3 is 10.5 Å². The molecule has 0 aliphatic rings. The molecule has 6 nitrogen and oxygen atoms in total. The van der Waals surface area contributed by atoms with Crippen molar-refractivity contribution in [3.63, 3.8) is 0 Å². The van der Waals surface area contributed by atoms with Crippen molar-refractivity contribution in [2.75, 3.05) is 5.73 Å². The quantitative estimate of drug-likeness (QED) is 0.233. The number of nitrogens with two attached hydrogens (primary N) is 1. The summed E-state index contributed by atoms with van der Waals surface area (Å²) in [6, 6.07) is 6.93. The predicted molar refractivity (Wildman–Crippen MR) is 59.7 cm³/mol. The SMILES string of the molecule is CCC(=O)Oc1ccccc1N.O=[SH](=O)O. The molecule has 0 spiro atoms. The normalized spacial score (nSPS) is 9.19. The van der Waals surface area contributed by atoms with Gasteiger partial charge in [0.2, 0.25) is 0 Å². The highest BCUT2D eigenvalue weighted by molar-refractivity contribution is 7.66. The highest BCUT2D eigenvalue weighted by Gasteiger charge is 2.03. The lowest BCUT2D eigenvalue weighted by atomic mass is 10.3. The first-order chi connectivity index (χ1) is 7.47. The molecule has 0 aliphatic carbocycles. The van der Waals surface area contributed by atoms with Crippen LogP contribution >= 0.6 is 0 Å². The summed E-state index contributed by atoms with van der Waals surface area (Å²) < 4.78 is 29.1. The Morgan fingerprint density at radius 1 is 1.44 bits per heavy atom. The van der Waals surface area contributed by atoms with Crippen LogP contribution in [-0.2, 0) is 15.8 Å². The van der Waals surface area contributed by atoms with Gasteiger partial charge in [-0.05, 0) is 12.1 Å². The van der Waals surface area contributed by atoms with Gasteiger partial charge in [-0.3, -0.25) is 9.35 Å².